The van der Waals surface area contributed by atoms with Gasteiger partial charge in [-0.15, -0.1) is 0 Å². The highest BCUT2D eigenvalue weighted by Gasteiger charge is 2.13. The predicted molar refractivity (Wildman–Crippen MR) is 60.6 cm³/mol. The fourth-order valence-corrected chi connectivity index (χ4v) is 1.37. The van der Waals surface area contributed by atoms with Gasteiger partial charge in [-0.1, -0.05) is 17.7 Å². The number of nitro benzene ring substituents is 1. The Hall–Kier alpha value is -1.75. The molecular weight excluding hydrogens is 211 g/mol. The lowest BCUT2D eigenvalue weighted by Crippen LogP contribution is -2.08. The van der Waals surface area contributed by atoms with Crippen molar-refractivity contribution in [3.63, 3.8) is 0 Å². The number of hydrogen-bond donors (Lipinski definition) is 1. The second-order valence-electron chi connectivity index (χ2n) is 3.49. The van der Waals surface area contributed by atoms with Crippen LogP contribution >= 0.6 is 0 Å². The summed E-state index contributed by atoms with van der Waals surface area (Å²) in [5.74, 6) is -0.812. The van der Waals surface area contributed by atoms with Gasteiger partial charge in [0, 0.05) is 12.6 Å². The second-order valence-corrected chi connectivity index (χ2v) is 3.49. The third kappa shape index (κ3) is 3.13. The van der Waals surface area contributed by atoms with Crippen molar-refractivity contribution < 1.29 is 9.31 Å². The standard InChI is InChI=1S/C11H13FN2O2/c1-8(7-13-2)5-9-3-4-10(12)11(6-9)14(15)16/h3-6,13H,7H2,1-2H3/b8-5+. The van der Waals surface area contributed by atoms with Crippen molar-refractivity contribution in [3.05, 3.63) is 45.3 Å². The average Bonchev–Trinajstić information content (AvgIpc) is 2.21. The first-order valence-electron chi connectivity index (χ1n) is 4.80. The Morgan fingerprint density at radius 3 is 2.88 bits per heavy atom. The minimum Gasteiger partial charge on any atom is -0.316 e. The van der Waals surface area contributed by atoms with Crippen LogP contribution in [-0.4, -0.2) is 18.5 Å². The molecule has 1 rings (SSSR count). The van der Waals surface area contributed by atoms with Gasteiger partial charge >= 0.3 is 5.69 Å². The van der Waals surface area contributed by atoms with Crippen LogP contribution in [0.4, 0.5) is 10.1 Å². The van der Waals surface area contributed by atoms with Crippen LogP contribution < -0.4 is 5.32 Å². The monoisotopic (exact) mass is 224 g/mol. The summed E-state index contributed by atoms with van der Waals surface area (Å²) in [6.07, 6.45) is 1.78. The Balaban J connectivity index is 3.04. The van der Waals surface area contributed by atoms with Crippen molar-refractivity contribution in [1.82, 2.24) is 5.32 Å². The summed E-state index contributed by atoms with van der Waals surface area (Å²) < 4.78 is 13.0. The zero-order chi connectivity index (χ0) is 12.1. The number of hydrogen-bond acceptors (Lipinski definition) is 3. The Labute approximate surface area is 92.9 Å². The molecule has 16 heavy (non-hydrogen) atoms. The largest absolute Gasteiger partial charge is 0.316 e. The highest BCUT2D eigenvalue weighted by Crippen LogP contribution is 2.19. The molecule has 5 heteroatoms. The van der Waals surface area contributed by atoms with Gasteiger partial charge in [0.15, 0.2) is 0 Å². The lowest BCUT2D eigenvalue weighted by Gasteiger charge is -2.00. The summed E-state index contributed by atoms with van der Waals surface area (Å²) >= 11 is 0. The van der Waals surface area contributed by atoms with Crippen LogP contribution in [0.15, 0.2) is 23.8 Å². The third-order valence-electron chi connectivity index (χ3n) is 2.04. The van der Waals surface area contributed by atoms with Gasteiger partial charge < -0.3 is 5.32 Å². The highest BCUT2D eigenvalue weighted by atomic mass is 19.1. The fraction of sp³-hybridized carbons (Fsp3) is 0.273. The lowest BCUT2D eigenvalue weighted by atomic mass is 10.1. The van der Waals surface area contributed by atoms with Gasteiger partial charge in [-0.25, -0.2) is 0 Å². The van der Waals surface area contributed by atoms with Crippen molar-refractivity contribution in [1.29, 1.82) is 0 Å². The molecule has 0 spiro atoms. The van der Waals surface area contributed by atoms with E-state index >= 15 is 0 Å². The van der Waals surface area contributed by atoms with Crippen molar-refractivity contribution in [3.8, 4) is 0 Å². The highest BCUT2D eigenvalue weighted by molar-refractivity contribution is 5.56. The first-order valence-corrected chi connectivity index (χ1v) is 4.80. The van der Waals surface area contributed by atoms with Gasteiger partial charge in [-0.3, -0.25) is 10.1 Å². The SMILES string of the molecule is CNC/C(C)=C/c1ccc(F)c([N+](=O)[O-])c1. The van der Waals surface area contributed by atoms with Crippen LogP contribution in [0.2, 0.25) is 0 Å². The van der Waals surface area contributed by atoms with E-state index in [1.165, 1.54) is 12.1 Å². The van der Waals surface area contributed by atoms with E-state index in [0.717, 1.165) is 11.6 Å². The number of nitro groups is 1. The maximum Gasteiger partial charge on any atom is 0.305 e. The van der Waals surface area contributed by atoms with Crippen molar-refractivity contribution >= 4 is 11.8 Å². The van der Waals surface area contributed by atoms with Crippen LogP contribution in [0.25, 0.3) is 6.08 Å². The summed E-state index contributed by atoms with van der Waals surface area (Å²) in [7, 11) is 1.81. The molecule has 1 aromatic rings. The average molecular weight is 224 g/mol. The molecule has 0 bridgehead atoms. The van der Waals surface area contributed by atoms with Crippen LogP contribution in [0.3, 0.4) is 0 Å². The van der Waals surface area contributed by atoms with Gasteiger partial charge in [-0.2, -0.15) is 4.39 Å². The molecule has 0 aliphatic rings. The number of halogens is 1. The molecule has 86 valence electrons. The first-order chi connectivity index (χ1) is 7.54. The maximum atomic E-state index is 13.0. The second kappa shape index (κ2) is 5.37. The molecule has 0 aliphatic heterocycles. The van der Waals surface area contributed by atoms with Crippen molar-refractivity contribution in [2.45, 2.75) is 6.92 Å². The molecular formula is C11H13FN2O2. The number of likely N-dealkylation sites (N-methyl/N-ethyl adjacent to an activating group) is 1. The molecule has 0 unspecified atom stereocenters. The van der Waals surface area contributed by atoms with Gasteiger partial charge in [0.05, 0.1) is 4.92 Å². The van der Waals surface area contributed by atoms with Gasteiger partial charge in [0.1, 0.15) is 0 Å². The first kappa shape index (κ1) is 12.3. The normalized spacial score (nSPS) is 11.6. The molecule has 0 saturated heterocycles. The fourth-order valence-electron chi connectivity index (χ4n) is 1.37. The maximum absolute atomic E-state index is 13.0. The topological polar surface area (TPSA) is 55.2 Å². The van der Waals surface area contributed by atoms with Crippen LogP contribution in [0.5, 0.6) is 0 Å². The minimum atomic E-state index is -0.812. The number of nitrogens with one attached hydrogen (secondary N) is 1. The molecule has 0 aromatic heterocycles. The van der Waals surface area contributed by atoms with E-state index in [9.17, 15) is 14.5 Å². The summed E-state index contributed by atoms with van der Waals surface area (Å²) in [6, 6.07) is 3.85. The summed E-state index contributed by atoms with van der Waals surface area (Å²) in [5, 5.41) is 13.5. The van der Waals surface area contributed by atoms with Crippen molar-refractivity contribution in [2.24, 2.45) is 0 Å². The van der Waals surface area contributed by atoms with E-state index in [0.29, 0.717) is 12.1 Å². The molecule has 1 N–H and O–H groups in total. The molecule has 0 fully saturated rings. The Morgan fingerprint density at radius 2 is 2.31 bits per heavy atom. The van der Waals surface area contributed by atoms with E-state index in [-0.39, 0.29) is 0 Å². The smallest absolute Gasteiger partial charge is 0.305 e. The van der Waals surface area contributed by atoms with E-state index in [4.69, 9.17) is 0 Å². The van der Waals surface area contributed by atoms with E-state index in [1.807, 2.05) is 14.0 Å². The lowest BCUT2D eigenvalue weighted by molar-refractivity contribution is -0.387. The Kier molecular flexibility index (Phi) is 4.13. The number of benzene rings is 1. The minimum absolute atomic E-state index is 0.494. The molecule has 0 saturated carbocycles. The third-order valence-corrected chi connectivity index (χ3v) is 2.04. The van der Waals surface area contributed by atoms with E-state index in [1.54, 1.807) is 6.08 Å². The zero-order valence-corrected chi connectivity index (χ0v) is 9.16. The van der Waals surface area contributed by atoms with Gasteiger partial charge in [-0.05, 0) is 25.6 Å². The number of nitrogens with zero attached hydrogens (tertiary/aromatic N) is 1. The molecule has 0 radical (unpaired) electrons. The van der Waals surface area contributed by atoms with Gasteiger partial charge in [0.25, 0.3) is 0 Å². The summed E-state index contributed by atoms with van der Waals surface area (Å²) in [5.41, 5.74) is 1.15. The quantitative estimate of drug-likeness (QED) is 0.631. The molecule has 4 nitrogen and oxygen atoms in total. The Bertz CT molecular complexity index is 430. The Morgan fingerprint density at radius 1 is 1.62 bits per heavy atom. The molecule has 0 atom stereocenters. The predicted octanol–water partition coefficient (Wildman–Crippen LogP) is 2.36. The van der Waals surface area contributed by atoms with Crippen molar-refractivity contribution in [2.75, 3.05) is 13.6 Å². The molecule has 1 aromatic carbocycles. The summed E-state index contributed by atoms with van der Waals surface area (Å²) in [6.45, 7) is 2.58. The van der Waals surface area contributed by atoms with E-state index in [2.05, 4.69) is 5.32 Å². The van der Waals surface area contributed by atoms with Crippen LogP contribution in [-0.2, 0) is 0 Å². The van der Waals surface area contributed by atoms with Crippen LogP contribution in [0, 0.1) is 15.9 Å². The zero-order valence-electron chi connectivity index (χ0n) is 9.16. The van der Waals surface area contributed by atoms with Gasteiger partial charge in [0.2, 0.25) is 5.82 Å². The van der Waals surface area contributed by atoms with Crippen LogP contribution in [0.1, 0.15) is 12.5 Å². The molecule has 0 aliphatic carbocycles. The number of rotatable bonds is 4. The van der Waals surface area contributed by atoms with E-state index < -0.39 is 16.4 Å². The molecule has 0 amide bonds. The summed E-state index contributed by atoms with van der Waals surface area (Å²) in [4.78, 5) is 9.80. The molecule has 0 heterocycles.